The number of amides is 1. The number of carbonyl (C=O) groups excluding carboxylic acids is 2. The highest BCUT2D eigenvalue weighted by Gasteiger charge is 2.28. The number of carbonyl (C=O) groups is 2. The number of pyridine rings is 1. The van der Waals surface area contributed by atoms with Crippen molar-refractivity contribution >= 4 is 11.7 Å². The van der Waals surface area contributed by atoms with Crippen molar-refractivity contribution in [1.82, 2.24) is 9.88 Å². The van der Waals surface area contributed by atoms with Gasteiger partial charge in [0.05, 0.1) is 7.11 Å². The van der Waals surface area contributed by atoms with E-state index in [0.29, 0.717) is 31.0 Å². The minimum atomic E-state index is -0.0957. The van der Waals surface area contributed by atoms with Crippen LogP contribution in [0.4, 0.5) is 0 Å². The van der Waals surface area contributed by atoms with Crippen LogP contribution in [0.1, 0.15) is 28.8 Å². The molecule has 3 rings (SSSR count). The maximum Gasteiger partial charge on any atom is 0.254 e. The van der Waals surface area contributed by atoms with E-state index in [2.05, 4.69) is 4.98 Å². The molecule has 130 valence electrons. The molecule has 1 aromatic carbocycles. The van der Waals surface area contributed by atoms with E-state index in [0.717, 1.165) is 18.4 Å². The van der Waals surface area contributed by atoms with Crippen molar-refractivity contribution < 1.29 is 14.3 Å². The highest BCUT2D eigenvalue weighted by Crippen LogP contribution is 2.21. The minimum Gasteiger partial charge on any atom is -0.481 e. The summed E-state index contributed by atoms with van der Waals surface area (Å²) in [7, 11) is 1.52. The van der Waals surface area contributed by atoms with Gasteiger partial charge in [0.1, 0.15) is 5.78 Å². The van der Waals surface area contributed by atoms with Crippen molar-refractivity contribution in [3.8, 4) is 5.88 Å². The molecule has 0 spiro atoms. The number of aromatic nitrogens is 1. The van der Waals surface area contributed by atoms with Crippen LogP contribution in [0.5, 0.6) is 5.88 Å². The third kappa shape index (κ3) is 4.24. The van der Waals surface area contributed by atoms with Crippen molar-refractivity contribution in [1.29, 1.82) is 0 Å². The number of benzene rings is 1. The summed E-state index contributed by atoms with van der Waals surface area (Å²) < 4.78 is 5.08. The molecule has 5 heteroatoms. The van der Waals surface area contributed by atoms with E-state index in [1.165, 1.54) is 7.11 Å². The molecule has 1 atom stereocenters. The molecule has 1 aromatic heterocycles. The van der Waals surface area contributed by atoms with Gasteiger partial charge in [-0.25, -0.2) is 4.98 Å². The van der Waals surface area contributed by atoms with Gasteiger partial charge in [0, 0.05) is 43.3 Å². The second-order valence-corrected chi connectivity index (χ2v) is 6.31. The summed E-state index contributed by atoms with van der Waals surface area (Å²) in [5, 5.41) is 0. The average Bonchev–Trinajstić information content (AvgIpc) is 2.68. The van der Waals surface area contributed by atoms with Crippen LogP contribution >= 0.6 is 0 Å². The van der Waals surface area contributed by atoms with Crippen LogP contribution < -0.4 is 4.74 Å². The molecule has 25 heavy (non-hydrogen) atoms. The Morgan fingerprint density at radius 2 is 2.04 bits per heavy atom. The monoisotopic (exact) mass is 338 g/mol. The Kier molecular flexibility index (Phi) is 5.43. The lowest BCUT2D eigenvalue weighted by atomic mass is 9.90. The zero-order valence-corrected chi connectivity index (χ0v) is 14.4. The second-order valence-electron chi connectivity index (χ2n) is 6.31. The zero-order valence-electron chi connectivity index (χ0n) is 14.4. The molecule has 0 unspecified atom stereocenters. The predicted octanol–water partition coefficient (Wildman–Crippen LogP) is 2.75. The van der Waals surface area contributed by atoms with Gasteiger partial charge in [0.25, 0.3) is 5.91 Å². The lowest BCUT2D eigenvalue weighted by Crippen LogP contribution is -2.42. The number of piperidine rings is 1. The molecule has 1 aliphatic rings. The summed E-state index contributed by atoms with van der Waals surface area (Å²) >= 11 is 0. The van der Waals surface area contributed by atoms with Gasteiger partial charge in [-0.05, 0) is 24.5 Å². The minimum absolute atomic E-state index is 0.0714. The molecule has 1 saturated heterocycles. The SMILES string of the molecule is COc1cc(C(=O)N2CCC[C@@H](C(=O)Cc3ccccc3)C2)ccn1. The molecule has 5 nitrogen and oxygen atoms in total. The highest BCUT2D eigenvalue weighted by molar-refractivity contribution is 5.95. The number of Topliss-reactive ketones (excluding diaryl/α,β-unsaturated/α-hetero) is 1. The van der Waals surface area contributed by atoms with Crippen LogP contribution in [0.25, 0.3) is 0 Å². The van der Waals surface area contributed by atoms with E-state index in [9.17, 15) is 9.59 Å². The standard InChI is InChI=1S/C20H22N2O3/c1-25-19-13-16(9-10-21-19)20(24)22-11-5-8-17(14-22)18(23)12-15-6-3-2-4-7-15/h2-4,6-7,9-10,13,17H,5,8,11-12,14H2,1H3/t17-/m1/s1. The maximum atomic E-state index is 12.7. The molecular formula is C20H22N2O3. The maximum absolute atomic E-state index is 12.7. The number of nitrogens with zero attached hydrogens (tertiary/aromatic N) is 2. The van der Waals surface area contributed by atoms with Crippen molar-refractivity contribution in [2.24, 2.45) is 5.92 Å². The topological polar surface area (TPSA) is 59.5 Å². The third-order valence-electron chi connectivity index (χ3n) is 4.58. The average molecular weight is 338 g/mol. The van der Waals surface area contributed by atoms with Gasteiger partial charge in [-0.15, -0.1) is 0 Å². The van der Waals surface area contributed by atoms with Gasteiger partial charge in [0.15, 0.2) is 0 Å². The molecule has 2 aromatic rings. The molecule has 0 N–H and O–H groups in total. The number of likely N-dealkylation sites (tertiary alicyclic amines) is 1. The number of ether oxygens (including phenoxy) is 1. The molecule has 1 fully saturated rings. The van der Waals surface area contributed by atoms with Crippen LogP contribution in [0.2, 0.25) is 0 Å². The molecule has 1 amide bonds. The lowest BCUT2D eigenvalue weighted by Gasteiger charge is -2.32. The molecule has 2 heterocycles. The lowest BCUT2D eigenvalue weighted by molar-refractivity contribution is -0.123. The molecule has 0 bridgehead atoms. The number of methoxy groups -OCH3 is 1. The fourth-order valence-electron chi connectivity index (χ4n) is 3.20. The number of hydrogen-bond acceptors (Lipinski definition) is 4. The molecule has 1 aliphatic heterocycles. The van der Waals surface area contributed by atoms with Crippen molar-refractivity contribution in [2.45, 2.75) is 19.3 Å². The first kappa shape index (κ1) is 17.1. The van der Waals surface area contributed by atoms with Crippen molar-refractivity contribution in [3.63, 3.8) is 0 Å². The summed E-state index contributed by atoms with van der Waals surface area (Å²) in [6.07, 6.45) is 3.68. The summed E-state index contributed by atoms with van der Waals surface area (Å²) in [5.74, 6) is 0.454. The van der Waals surface area contributed by atoms with Gasteiger partial charge < -0.3 is 9.64 Å². The normalized spacial score (nSPS) is 17.2. The Labute approximate surface area is 147 Å². The Morgan fingerprint density at radius 3 is 2.80 bits per heavy atom. The third-order valence-corrected chi connectivity index (χ3v) is 4.58. The van der Waals surface area contributed by atoms with Crippen LogP contribution in [0.15, 0.2) is 48.7 Å². The van der Waals surface area contributed by atoms with Crippen LogP contribution in [0.3, 0.4) is 0 Å². The van der Waals surface area contributed by atoms with E-state index in [1.807, 2.05) is 30.3 Å². The van der Waals surface area contributed by atoms with Crippen molar-refractivity contribution in [3.05, 3.63) is 59.8 Å². The fraction of sp³-hybridized carbons (Fsp3) is 0.350. The Balaban J connectivity index is 1.66. The summed E-state index contributed by atoms with van der Waals surface area (Å²) in [5.41, 5.74) is 1.57. The summed E-state index contributed by atoms with van der Waals surface area (Å²) in [6.45, 7) is 1.16. The first-order valence-corrected chi connectivity index (χ1v) is 8.53. The largest absolute Gasteiger partial charge is 0.481 e. The summed E-state index contributed by atoms with van der Waals surface area (Å²) in [4.78, 5) is 31.1. The number of rotatable bonds is 5. The zero-order chi connectivity index (χ0) is 17.6. The van der Waals surface area contributed by atoms with Crippen molar-refractivity contribution in [2.75, 3.05) is 20.2 Å². The van der Waals surface area contributed by atoms with E-state index in [4.69, 9.17) is 4.74 Å². The van der Waals surface area contributed by atoms with Crippen LogP contribution in [-0.2, 0) is 11.2 Å². The van der Waals surface area contributed by atoms with E-state index in [1.54, 1.807) is 23.2 Å². The van der Waals surface area contributed by atoms with Crippen LogP contribution in [0, 0.1) is 5.92 Å². The molecular weight excluding hydrogens is 316 g/mol. The van der Waals surface area contributed by atoms with E-state index < -0.39 is 0 Å². The van der Waals surface area contributed by atoms with Gasteiger partial charge in [-0.1, -0.05) is 30.3 Å². The van der Waals surface area contributed by atoms with Crippen LogP contribution in [-0.4, -0.2) is 41.8 Å². The molecule has 0 radical (unpaired) electrons. The van der Waals surface area contributed by atoms with Gasteiger partial charge in [-0.3, -0.25) is 9.59 Å². The molecule has 0 aliphatic carbocycles. The molecule has 0 saturated carbocycles. The first-order valence-electron chi connectivity index (χ1n) is 8.53. The van der Waals surface area contributed by atoms with E-state index >= 15 is 0 Å². The quantitative estimate of drug-likeness (QED) is 0.841. The Bertz CT molecular complexity index is 746. The Hall–Kier alpha value is -2.69. The summed E-state index contributed by atoms with van der Waals surface area (Å²) in [6, 6.07) is 13.1. The van der Waals surface area contributed by atoms with Gasteiger partial charge >= 0.3 is 0 Å². The Morgan fingerprint density at radius 1 is 1.24 bits per heavy atom. The van der Waals surface area contributed by atoms with Gasteiger partial charge in [0.2, 0.25) is 5.88 Å². The first-order chi connectivity index (χ1) is 12.2. The number of ketones is 1. The van der Waals surface area contributed by atoms with E-state index in [-0.39, 0.29) is 17.6 Å². The smallest absolute Gasteiger partial charge is 0.254 e. The fourth-order valence-corrected chi connectivity index (χ4v) is 3.20. The second kappa shape index (κ2) is 7.92. The highest BCUT2D eigenvalue weighted by atomic mass is 16.5. The number of hydrogen-bond donors (Lipinski definition) is 0. The predicted molar refractivity (Wildman–Crippen MR) is 94.6 cm³/mol. The van der Waals surface area contributed by atoms with Gasteiger partial charge in [-0.2, -0.15) is 0 Å².